The van der Waals surface area contributed by atoms with E-state index in [1.807, 2.05) is 18.2 Å². The van der Waals surface area contributed by atoms with E-state index in [0.717, 1.165) is 5.56 Å². The summed E-state index contributed by atoms with van der Waals surface area (Å²) in [5, 5.41) is 13.3. The molecule has 3 rings (SSSR count). The number of halogens is 3. The van der Waals surface area contributed by atoms with Gasteiger partial charge in [0.25, 0.3) is 5.91 Å². The van der Waals surface area contributed by atoms with Gasteiger partial charge in [-0.25, -0.2) is 0 Å². The predicted octanol–water partition coefficient (Wildman–Crippen LogP) is 6.77. The van der Waals surface area contributed by atoms with Gasteiger partial charge >= 0.3 is 0 Å². The minimum atomic E-state index is -0.543. The van der Waals surface area contributed by atoms with Crippen molar-refractivity contribution in [3.63, 3.8) is 0 Å². The molecule has 1 N–H and O–H groups in total. The number of nitriles is 1. The van der Waals surface area contributed by atoms with Crippen molar-refractivity contribution in [3.8, 4) is 11.8 Å². The van der Waals surface area contributed by atoms with Crippen molar-refractivity contribution >= 4 is 52.5 Å². The van der Waals surface area contributed by atoms with Gasteiger partial charge in [-0.15, -0.1) is 0 Å². The lowest BCUT2D eigenvalue weighted by atomic mass is 10.1. The second-order valence-electron chi connectivity index (χ2n) is 6.24. The van der Waals surface area contributed by atoms with Gasteiger partial charge in [0.2, 0.25) is 0 Å². The molecular weight excluding hydrogens is 443 g/mol. The van der Waals surface area contributed by atoms with Crippen LogP contribution >= 0.6 is 34.8 Å². The van der Waals surface area contributed by atoms with Gasteiger partial charge < -0.3 is 10.1 Å². The summed E-state index contributed by atoms with van der Waals surface area (Å²) in [7, 11) is 0. The lowest BCUT2D eigenvalue weighted by Crippen LogP contribution is -2.13. The van der Waals surface area contributed by atoms with Crippen LogP contribution in [0.5, 0.6) is 5.75 Å². The van der Waals surface area contributed by atoms with Gasteiger partial charge in [-0.05, 0) is 59.7 Å². The number of nitrogens with one attached hydrogen (secondary N) is 1. The van der Waals surface area contributed by atoms with Crippen LogP contribution in [0, 0.1) is 11.3 Å². The molecule has 0 saturated heterocycles. The summed E-state index contributed by atoms with van der Waals surface area (Å²) in [5.41, 5.74) is 2.08. The van der Waals surface area contributed by atoms with E-state index in [2.05, 4.69) is 5.32 Å². The molecule has 0 unspecified atom stereocenters. The molecule has 0 atom stereocenters. The summed E-state index contributed by atoms with van der Waals surface area (Å²) >= 11 is 17.7. The molecule has 0 saturated carbocycles. The summed E-state index contributed by atoms with van der Waals surface area (Å²) in [6, 6.07) is 21.1. The lowest BCUT2D eigenvalue weighted by Gasteiger charge is -2.07. The van der Waals surface area contributed by atoms with Crippen molar-refractivity contribution in [1.29, 1.82) is 5.26 Å². The summed E-state index contributed by atoms with van der Waals surface area (Å²) in [4.78, 5) is 12.4. The van der Waals surface area contributed by atoms with Gasteiger partial charge in [-0.2, -0.15) is 5.26 Å². The largest absolute Gasteiger partial charge is 0.489 e. The second kappa shape index (κ2) is 10.2. The number of benzene rings is 3. The van der Waals surface area contributed by atoms with Gasteiger partial charge in [-0.3, -0.25) is 4.79 Å². The third kappa shape index (κ3) is 6.01. The highest BCUT2D eigenvalue weighted by molar-refractivity contribution is 6.42. The fraction of sp³-hybridized carbons (Fsp3) is 0.0435. The van der Waals surface area contributed by atoms with Crippen LogP contribution in [0.1, 0.15) is 11.1 Å². The number of anilines is 1. The van der Waals surface area contributed by atoms with Gasteiger partial charge in [0.15, 0.2) is 0 Å². The van der Waals surface area contributed by atoms with Crippen LogP contribution in [-0.2, 0) is 11.4 Å². The smallest absolute Gasteiger partial charge is 0.266 e. The first-order valence-corrected chi connectivity index (χ1v) is 9.93. The minimum absolute atomic E-state index is 0.0455. The number of amides is 1. The Balaban J connectivity index is 1.64. The molecule has 4 nitrogen and oxygen atoms in total. The molecule has 7 heteroatoms. The van der Waals surface area contributed by atoms with Crippen molar-refractivity contribution in [2.24, 2.45) is 0 Å². The molecule has 0 aliphatic carbocycles. The van der Waals surface area contributed by atoms with Crippen LogP contribution in [0.2, 0.25) is 15.1 Å². The summed E-state index contributed by atoms with van der Waals surface area (Å²) in [6.07, 6.45) is 1.50. The molecule has 3 aromatic rings. The van der Waals surface area contributed by atoms with Crippen LogP contribution in [0.25, 0.3) is 6.08 Å². The molecule has 30 heavy (non-hydrogen) atoms. The standard InChI is InChI=1S/C23H15Cl3N2O2/c24-18-5-1-16(2-6-18)14-30-20-8-3-15(4-9-20)11-17(13-27)23(29)28-19-7-10-21(25)22(26)12-19/h1-12H,14H2,(H,28,29)/b17-11+. The maximum atomic E-state index is 12.4. The third-order valence-corrected chi connectivity index (χ3v) is 5.04. The lowest BCUT2D eigenvalue weighted by molar-refractivity contribution is -0.112. The molecule has 0 aliphatic heterocycles. The molecule has 1 amide bonds. The van der Waals surface area contributed by atoms with E-state index in [-0.39, 0.29) is 5.57 Å². The number of ether oxygens (including phenoxy) is 1. The number of hydrogen-bond donors (Lipinski definition) is 1. The number of hydrogen-bond acceptors (Lipinski definition) is 3. The Kier molecular flexibility index (Phi) is 7.37. The summed E-state index contributed by atoms with van der Waals surface area (Å²) in [6.45, 7) is 0.405. The van der Waals surface area contributed by atoms with Crippen molar-refractivity contribution in [3.05, 3.63) is 98.5 Å². The first-order valence-electron chi connectivity index (χ1n) is 8.80. The van der Waals surface area contributed by atoms with Gasteiger partial charge in [0.1, 0.15) is 24.0 Å². The van der Waals surface area contributed by atoms with E-state index < -0.39 is 5.91 Å². The van der Waals surface area contributed by atoms with Crippen LogP contribution < -0.4 is 10.1 Å². The molecule has 0 radical (unpaired) electrons. The first-order chi connectivity index (χ1) is 14.4. The van der Waals surface area contributed by atoms with Crippen molar-refractivity contribution in [2.45, 2.75) is 6.61 Å². The average molecular weight is 458 g/mol. The van der Waals surface area contributed by atoms with Crippen molar-refractivity contribution in [2.75, 3.05) is 5.32 Å². The maximum Gasteiger partial charge on any atom is 0.266 e. The summed E-state index contributed by atoms with van der Waals surface area (Å²) in [5.74, 6) is 0.125. The SMILES string of the molecule is N#C/C(=C\c1ccc(OCc2ccc(Cl)cc2)cc1)C(=O)Nc1ccc(Cl)c(Cl)c1. The van der Waals surface area contributed by atoms with Crippen LogP contribution in [-0.4, -0.2) is 5.91 Å². The molecule has 0 spiro atoms. The number of nitrogens with zero attached hydrogens (tertiary/aromatic N) is 1. The Bertz CT molecular complexity index is 1120. The zero-order chi connectivity index (χ0) is 21.5. The highest BCUT2D eigenvalue weighted by atomic mass is 35.5. The average Bonchev–Trinajstić information content (AvgIpc) is 2.75. The van der Waals surface area contributed by atoms with Crippen LogP contribution in [0.15, 0.2) is 72.3 Å². The topological polar surface area (TPSA) is 62.1 Å². The van der Waals surface area contributed by atoms with E-state index in [0.29, 0.717) is 38.7 Å². The predicted molar refractivity (Wildman–Crippen MR) is 121 cm³/mol. The van der Waals surface area contributed by atoms with Gasteiger partial charge in [0, 0.05) is 10.7 Å². The molecule has 3 aromatic carbocycles. The Morgan fingerprint density at radius 1 is 0.967 bits per heavy atom. The molecule has 0 aromatic heterocycles. The normalized spacial score (nSPS) is 10.9. The molecule has 0 fully saturated rings. The van der Waals surface area contributed by atoms with Crippen LogP contribution in [0.4, 0.5) is 5.69 Å². The fourth-order valence-electron chi connectivity index (χ4n) is 2.50. The second-order valence-corrected chi connectivity index (χ2v) is 7.49. The first kappa shape index (κ1) is 21.7. The monoisotopic (exact) mass is 456 g/mol. The molecule has 0 heterocycles. The van der Waals surface area contributed by atoms with Crippen molar-refractivity contribution < 1.29 is 9.53 Å². The van der Waals surface area contributed by atoms with E-state index in [1.54, 1.807) is 48.5 Å². The zero-order valence-corrected chi connectivity index (χ0v) is 17.8. The zero-order valence-electron chi connectivity index (χ0n) is 15.5. The van der Waals surface area contributed by atoms with E-state index in [9.17, 15) is 10.1 Å². The Morgan fingerprint density at radius 3 is 2.30 bits per heavy atom. The Morgan fingerprint density at radius 2 is 1.67 bits per heavy atom. The van der Waals surface area contributed by atoms with Crippen molar-refractivity contribution in [1.82, 2.24) is 0 Å². The van der Waals surface area contributed by atoms with E-state index >= 15 is 0 Å². The highest BCUT2D eigenvalue weighted by Gasteiger charge is 2.10. The molecular formula is C23H15Cl3N2O2. The fourth-order valence-corrected chi connectivity index (χ4v) is 2.92. The third-order valence-electron chi connectivity index (χ3n) is 4.05. The van der Waals surface area contributed by atoms with Gasteiger partial charge in [-0.1, -0.05) is 59.1 Å². The van der Waals surface area contributed by atoms with E-state index in [4.69, 9.17) is 39.5 Å². The highest BCUT2D eigenvalue weighted by Crippen LogP contribution is 2.25. The number of carbonyl (C=O) groups is 1. The molecule has 150 valence electrons. The van der Waals surface area contributed by atoms with Gasteiger partial charge in [0.05, 0.1) is 10.0 Å². The minimum Gasteiger partial charge on any atom is -0.489 e. The Labute approximate surface area is 189 Å². The quantitative estimate of drug-likeness (QED) is 0.328. The molecule has 0 bridgehead atoms. The van der Waals surface area contributed by atoms with E-state index in [1.165, 1.54) is 12.1 Å². The van der Waals surface area contributed by atoms with Crippen LogP contribution in [0.3, 0.4) is 0 Å². The summed E-state index contributed by atoms with van der Waals surface area (Å²) < 4.78 is 5.73. The molecule has 0 aliphatic rings. The number of carbonyl (C=O) groups excluding carboxylic acids is 1. The number of rotatable bonds is 6. The maximum absolute atomic E-state index is 12.4. The Hall–Kier alpha value is -2.97.